The van der Waals surface area contributed by atoms with E-state index in [2.05, 4.69) is 0 Å². The molecule has 0 aliphatic heterocycles. The SMILES string of the molecule is CC(=O)O[C@H]([C@H](OC(C)=O)[C@H](C=O)OC(C)=O)[C@@H](CCl)OC(C)=O. The third-order valence-electron chi connectivity index (χ3n) is 2.52. The quantitative estimate of drug-likeness (QED) is 0.243. The lowest BCUT2D eigenvalue weighted by Gasteiger charge is -2.33. The van der Waals surface area contributed by atoms with Gasteiger partial charge in [-0.25, -0.2) is 0 Å². The molecule has 136 valence electrons. The number of ether oxygens (including phenoxy) is 4. The minimum Gasteiger partial charge on any atom is -0.457 e. The van der Waals surface area contributed by atoms with Crippen molar-refractivity contribution in [2.75, 3.05) is 5.88 Å². The Balaban J connectivity index is 5.79. The highest BCUT2D eigenvalue weighted by Crippen LogP contribution is 2.19. The zero-order valence-electron chi connectivity index (χ0n) is 13.6. The number of esters is 4. The van der Waals surface area contributed by atoms with Crippen molar-refractivity contribution in [2.45, 2.75) is 52.1 Å². The van der Waals surface area contributed by atoms with Crippen molar-refractivity contribution in [3.8, 4) is 0 Å². The molecule has 0 rings (SSSR count). The molecule has 4 atom stereocenters. The number of carbonyl (C=O) groups excluding carboxylic acids is 5. The van der Waals surface area contributed by atoms with Gasteiger partial charge in [0.25, 0.3) is 0 Å². The molecule has 0 bridgehead atoms. The molecule has 0 aliphatic carbocycles. The number of alkyl halides is 1. The van der Waals surface area contributed by atoms with Gasteiger partial charge >= 0.3 is 23.9 Å². The minimum absolute atomic E-state index is 0.199. The summed E-state index contributed by atoms with van der Waals surface area (Å²) in [5.74, 6) is -3.56. The monoisotopic (exact) mass is 366 g/mol. The average molecular weight is 367 g/mol. The second kappa shape index (κ2) is 10.6. The first-order valence-electron chi connectivity index (χ1n) is 6.82. The van der Waals surface area contributed by atoms with Gasteiger partial charge in [-0.05, 0) is 0 Å². The maximum absolute atomic E-state index is 11.3. The predicted molar refractivity (Wildman–Crippen MR) is 79.0 cm³/mol. The summed E-state index contributed by atoms with van der Waals surface area (Å²) in [6.07, 6.45) is -5.63. The molecule has 0 saturated carbocycles. The van der Waals surface area contributed by atoms with Crippen LogP contribution in [0.1, 0.15) is 27.7 Å². The Kier molecular flexibility index (Phi) is 9.63. The van der Waals surface area contributed by atoms with Gasteiger partial charge in [0.1, 0.15) is 0 Å². The Bertz CT molecular complexity index is 491. The highest BCUT2D eigenvalue weighted by Gasteiger charge is 2.43. The predicted octanol–water partition coefficient (Wildman–Crippen LogP) is 0.151. The third-order valence-corrected chi connectivity index (χ3v) is 2.83. The normalized spacial score (nSPS) is 15.2. The lowest BCUT2D eigenvalue weighted by atomic mass is 10.0. The van der Waals surface area contributed by atoms with E-state index in [1.54, 1.807) is 0 Å². The van der Waals surface area contributed by atoms with E-state index in [9.17, 15) is 24.0 Å². The number of hydrogen-bond acceptors (Lipinski definition) is 9. The summed E-state index contributed by atoms with van der Waals surface area (Å²) in [6.45, 7) is 4.22. The number of hydrogen-bond donors (Lipinski definition) is 0. The van der Waals surface area contributed by atoms with Gasteiger partial charge in [0, 0.05) is 27.7 Å². The Morgan fingerprint density at radius 2 is 1.21 bits per heavy atom. The van der Waals surface area contributed by atoms with E-state index in [4.69, 9.17) is 30.5 Å². The van der Waals surface area contributed by atoms with E-state index in [1.807, 2.05) is 0 Å². The number of rotatable bonds is 9. The van der Waals surface area contributed by atoms with Crippen molar-refractivity contribution in [3.05, 3.63) is 0 Å². The van der Waals surface area contributed by atoms with Crippen LogP contribution in [0.25, 0.3) is 0 Å². The standard InChI is InChI=1S/C14H19ClO9/c1-7(17)21-11(5-15)13(23-9(3)19)14(24-10(4)20)12(6-16)22-8(2)18/h6,11-14H,5H2,1-4H3/t11-,12+,13+,14-/m1/s1. The van der Waals surface area contributed by atoms with Gasteiger partial charge in [-0.2, -0.15) is 0 Å². The Hall–Kier alpha value is -2.16. The van der Waals surface area contributed by atoms with Crippen LogP contribution < -0.4 is 0 Å². The van der Waals surface area contributed by atoms with E-state index >= 15 is 0 Å². The van der Waals surface area contributed by atoms with Crippen LogP contribution >= 0.6 is 11.6 Å². The molecule has 0 aliphatic rings. The molecule has 24 heavy (non-hydrogen) atoms. The number of carbonyl (C=O) groups is 5. The van der Waals surface area contributed by atoms with Crippen molar-refractivity contribution in [1.29, 1.82) is 0 Å². The molecule has 9 nitrogen and oxygen atoms in total. The fourth-order valence-electron chi connectivity index (χ4n) is 1.82. The van der Waals surface area contributed by atoms with Crippen molar-refractivity contribution in [2.24, 2.45) is 0 Å². The fourth-order valence-corrected chi connectivity index (χ4v) is 2.06. The van der Waals surface area contributed by atoms with Gasteiger partial charge < -0.3 is 18.9 Å². The van der Waals surface area contributed by atoms with E-state index in [0.29, 0.717) is 0 Å². The van der Waals surface area contributed by atoms with Crippen molar-refractivity contribution >= 4 is 41.8 Å². The zero-order valence-corrected chi connectivity index (χ0v) is 14.4. The average Bonchev–Trinajstić information content (AvgIpc) is 2.45. The Morgan fingerprint density at radius 1 is 0.792 bits per heavy atom. The molecular formula is C14H19ClO9. The minimum atomic E-state index is -1.59. The molecule has 0 aromatic heterocycles. The van der Waals surface area contributed by atoms with Crippen LogP contribution in [-0.2, 0) is 42.9 Å². The molecule has 0 amide bonds. The second-order valence-electron chi connectivity index (χ2n) is 4.66. The van der Waals surface area contributed by atoms with Gasteiger partial charge in [-0.3, -0.25) is 24.0 Å². The smallest absolute Gasteiger partial charge is 0.303 e. The summed E-state index contributed by atoms with van der Waals surface area (Å²) in [7, 11) is 0. The van der Waals surface area contributed by atoms with Crippen LogP contribution in [-0.4, -0.2) is 60.5 Å². The van der Waals surface area contributed by atoms with E-state index in [0.717, 1.165) is 27.7 Å². The second-order valence-corrected chi connectivity index (χ2v) is 4.97. The highest BCUT2D eigenvalue weighted by atomic mass is 35.5. The first-order chi connectivity index (χ1) is 11.1. The Morgan fingerprint density at radius 3 is 1.54 bits per heavy atom. The largest absolute Gasteiger partial charge is 0.457 e. The van der Waals surface area contributed by atoms with Gasteiger partial charge in [0.15, 0.2) is 30.7 Å². The van der Waals surface area contributed by atoms with E-state index in [1.165, 1.54) is 0 Å². The molecule has 0 aromatic rings. The van der Waals surface area contributed by atoms with Crippen LogP contribution in [0.5, 0.6) is 0 Å². The molecule has 10 heteroatoms. The molecule has 0 saturated heterocycles. The summed E-state index contributed by atoms with van der Waals surface area (Å²) in [4.78, 5) is 56.2. The highest BCUT2D eigenvalue weighted by molar-refractivity contribution is 6.18. The first-order valence-corrected chi connectivity index (χ1v) is 7.35. The van der Waals surface area contributed by atoms with Gasteiger partial charge in [-0.1, -0.05) is 0 Å². The van der Waals surface area contributed by atoms with Crippen molar-refractivity contribution in [1.82, 2.24) is 0 Å². The molecule has 0 unspecified atom stereocenters. The molecule has 0 radical (unpaired) electrons. The lowest BCUT2D eigenvalue weighted by Crippen LogP contribution is -2.52. The molecular weight excluding hydrogens is 348 g/mol. The summed E-state index contributed by atoms with van der Waals surface area (Å²) in [6, 6.07) is 0. The summed E-state index contributed by atoms with van der Waals surface area (Å²) < 4.78 is 19.7. The molecule has 0 heterocycles. The molecule has 0 aromatic carbocycles. The van der Waals surface area contributed by atoms with E-state index < -0.39 is 48.3 Å². The molecule has 0 spiro atoms. The van der Waals surface area contributed by atoms with E-state index in [-0.39, 0.29) is 12.2 Å². The lowest BCUT2D eigenvalue weighted by molar-refractivity contribution is -0.195. The third kappa shape index (κ3) is 7.91. The summed E-state index contributed by atoms with van der Waals surface area (Å²) >= 11 is 5.72. The summed E-state index contributed by atoms with van der Waals surface area (Å²) in [5.41, 5.74) is 0. The van der Waals surface area contributed by atoms with Gasteiger partial charge in [0.05, 0.1) is 5.88 Å². The first kappa shape index (κ1) is 21.8. The van der Waals surface area contributed by atoms with Crippen LogP contribution in [0.15, 0.2) is 0 Å². The van der Waals surface area contributed by atoms with Gasteiger partial charge in [0.2, 0.25) is 0 Å². The fraction of sp³-hybridized carbons (Fsp3) is 0.643. The van der Waals surface area contributed by atoms with Crippen molar-refractivity contribution in [3.63, 3.8) is 0 Å². The summed E-state index contributed by atoms with van der Waals surface area (Å²) in [5, 5.41) is 0. The van der Waals surface area contributed by atoms with Crippen LogP contribution in [0.4, 0.5) is 0 Å². The maximum Gasteiger partial charge on any atom is 0.303 e. The Labute approximate surface area is 143 Å². The van der Waals surface area contributed by atoms with Crippen molar-refractivity contribution < 1.29 is 42.9 Å². The molecule has 0 fully saturated rings. The number of halogens is 1. The van der Waals surface area contributed by atoms with Gasteiger partial charge in [-0.15, -0.1) is 11.6 Å². The zero-order chi connectivity index (χ0) is 18.9. The maximum atomic E-state index is 11.3. The van der Waals surface area contributed by atoms with Crippen LogP contribution in [0, 0.1) is 0 Å². The topological polar surface area (TPSA) is 122 Å². The molecule has 0 N–H and O–H groups in total. The number of aldehydes is 1. The van der Waals surface area contributed by atoms with Crippen LogP contribution in [0.2, 0.25) is 0 Å². The van der Waals surface area contributed by atoms with Crippen LogP contribution in [0.3, 0.4) is 0 Å².